The summed E-state index contributed by atoms with van der Waals surface area (Å²) in [6.45, 7) is 2.07. The minimum Gasteiger partial charge on any atom is -0.305 e. The lowest BCUT2D eigenvalue weighted by molar-refractivity contribution is 0.985. The normalized spacial score (nSPS) is 9.55. The first-order valence-corrected chi connectivity index (χ1v) is 3.82. The minimum absolute atomic E-state index is 0.681. The van der Waals surface area contributed by atoms with E-state index in [0.717, 1.165) is 18.4 Å². The number of aromatic nitrogens is 1. The number of nitrogens with zero attached hydrogens (tertiary/aromatic N) is 1. The third-order valence-electron chi connectivity index (χ3n) is 1.51. The highest BCUT2D eigenvalue weighted by atomic mass is 14.6. The number of nitrogens with one attached hydrogen (secondary N) is 1. The Morgan fingerprint density at radius 1 is 1.64 bits per heavy atom. The summed E-state index contributed by atoms with van der Waals surface area (Å²) >= 11 is 0. The van der Waals surface area contributed by atoms with Crippen LogP contribution in [0.2, 0.25) is 0 Å². The van der Waals surface area contributed by atoms with Crippen LogP contribution in [0, 0.1) is 5.41 Å². The number of hydrogen-bond acceptors (Lipinski definition) is 2. The maximum Gasteiger partial charge on any atom is 0.0401 e. The van der Waals surface area contributed by atoms with Gasteiger partial charge in [0.1, 0.15) is 0 Å². The molecule has 1 N–H and O–H groups in total. The number of pyridine rings is 1. The van der Waals surface area contributed by atoms with Crippen LogP contribution in [0.1, 0.15) is 25.3 Å². The van der Waals surface area contributed by atoms with E-state index in [2.05, 4.69) is 11.9 Å². The van der Waals surface area contributed by atoms with Gasteiger partial charge in [0, 0.05) is 23.7 Å². The number of hydrogen-bond donors (Lipinski definition) is 1. The van der Waals surface area contributed by atoms with E-state index >= 15 is 0 Å². The Bertz CT molecular complexity index is 229. The molecule has 2 nitrogen and oxygen atoms in total. The Morgan fingerprint density at radius 3 is 3.00 bits per heavy atom. The summed E-state index contributed by atoms with van der Waals surface area (Å²) in [6, 6.07) is 3.78. The molecule has 0 fully saturated rings. The summed E-state index contributed by atoms with van der Waals surface area (Å²) in [5.41, 5.74) is 1.62. The van der Waals surface area contributed by atoms with Gasteiger partial charge in [0.05, 0.1) is 0 Å². The summed E-state index contributed by atoms with van der Waals surface area (Å²) in [4.78, 5) is 3.95. The lowest BCUT2D eigenvalue weighted by atomic mass is 10.1. The van der Waals surface area contributed by atoms with Gasteiger partial charge in [0.25, 0.3) is 0 Å². The van der Waals surface area contributed by atoms with Gasteiger partial charge in [-0.05, 0) is 12.5 Å². The standard InChI is InChI=1S/C9H12N2/c1-2-4-9(10)8-5-3-6-11-7-8/h3,5-7,10H,2,4H2,1H3. The SMILES string of the molecule is CCCC(=N)c1cccnc1. The molecular formula is C9H12N2. The van der Waals surface area contributed by atoms with Crippen LogP contribution in [-0.2, 0) is 0 Å². The summed E-state index contributed by atoms with van der Waals surface area (Å²) < 4.78 is 0. The summed E-state index contributed by atoms with van der Waals surface area (Å²) in [7, 11) is 0. The topological polar surface area (TPSA) is 36.7 Å². The number of rotatable bonds is 3. The third kappa shape index (κ3) is 2.15. The van der Waals surface area contributed by atoms with E-state index in [1.165, 1.54) is 0 Å². The molecule has 0 aliphatic rings. The van der Waals surface area contributed by atoms with Crippen LogP contribution >= 0.6 is 0 Å². The molecule has 0 aliphatic heterocycles. The van der Waals surface area contributed by atoms with E-state index in [0.29, 0.717) is 5.71 Å². The highest BCUT2D eigenvalue weighted by molar-refractivity contribution is 5.97. The second-order valence-corrected chi connectivity index (χ2v) is 2.47. The smallest absolute Gasteiger partial charge is 0.0401 e. The van der Waals surface area contributed by atoms with E-state index in [1.807, 2.05) is 12.1 Å². The second-order valence-electron chi connectivity index (χ2n) is 2.47. The van der Waals surface area contributed by atoms with Crippen molar-refractivity contribution in [3.8, 4) is 0 Å². The molecule has 0 radical (unpaired) electrons. The molecule has 1 aromatic rings. The van der Waals surface area contributed by atoms with Crippen molar-refractivity contribution in [1.29, 1.82) is 5.41 Å². The average Bonchev–Trinajstić information content (AvgIpc) is 2.07. The molecule has 0 amide bonds. The van der Waals surface area contributed by atoms with Crippen LogP contribution < -0.4 is 0 Å². The molecule has 0 saturated heterocycles. The van der Waals surface area contributed by atoms with Crippen molar-refractivity contribution in [1.82, 2.24) is 4.98 Å². The Kier molecular flexibility index (Phi) is 2.78. The summed E-state index contributed by atoms with van der Waals surface area (Å²) in [5, 5.41) is 7.59. The predicted octanol–water partition coefficient (Wildman–Crippen LogP) is 2.25. The molecule has 2 heteroatoms. The van der Waals surface area contributed by atoms with Gasteiger partial charge in [-0.3, -0.25) is 4.98 Å². The fourth-order valence-electron chi connectivity index (χ4n) is 0.936. The van der Waals surface area contributed by atoms with Crippen LogP contribution in [-0.4, -0.2) is 10.7 Å². The largest absolute Gasteiger partial charge is 0.305 e. The van der Waals surface area contributed by atoms with Crippen molar-refractivity contribution < 1.29 is 0 Å². The van der Waals surface area contributed by atoms with Crippen molar-refractivity contribution in [3.05, 3.63) is 30.1 Å². The average molecular weight is 148 g/mol. The molecule has 58 valence electrons. The van der Waals surface area contributed by atoms with Gasteiger partial charge < -0.3 is 5.41 Å². The van der Waals surface area contributed by atoms with Gasteiger partial charge in [-0.25, -0.2) is 0 Å². The Balaban J connectivity index is 2.69. The second kappa shape index (κ2) is 3.86. The maximum absolute atomic E-state index is 7.59. The van der Waals surface area contributed by atoms with Crippen molar-refractivity contribution in [2.45, 2.75) is 19.8 Å². The lowest BCUT2D eigenvalue weighted by Crippen LogP contribution is -1.97. The molecule has 0 saturated carbocycles. The third-order valence-corrected chi connectivity index (χ3v) is 1.51. The highest BCUT2D eigenvalue weighted by Gasteiger charge is 1.97. The van der Waals surface area contributed by atoms with Gasteiger partial charge >= 0.3 is 0 Å². The Morgan fingerprint density at radius 2 is 2.45 bits per heavy atom. The molecule has 0 atom stereocenters. The van der Waals surface area contributed by atoms with Gasteiger partial charge in [-0.1, -0.05) is 19.4 Å². The fourth-order valence-corrected chi connectivity index (χ4v) is 0.936. The Hall–Kier alpha value is -1.18. The molecule has 0 aliphatic carbocycles. The Labute approximate surface area is 66.8 Å². The predicted molar refractivity (Wildman–Crippen MR) is 46.0 cm³/mol. The van der Waals surface area contributed by atoms with E-state index in [1.54, 1.807) is 12.4 Å². The zero-order valence-corrected chi connectivity index (χ0v) is 6.67. The fraction of sp³-hybridized carbons (Fsp3) is 0.333. The zero-order chi connectivity index (χ0) is 8.10. The van der Waals surface area contributed by atoms with Crippen LogP contribution in [0.5, 0.6) is 0 Å². The van der Waals surface area contributed by atoms with Crippen molar-refractivity contribution in [3.63, 3.8) is 0 Å². The van der Waals surface area contributed by atoms with Gasteiger partial charge in [-0.2, -0.15) is 0 Å². The van der Waals surface area contributed by atoms with Crippen LogP contribution in [0.4, 0.5) is 0 Å². The maximum atomic E-state index is 7.59. The highest BCUT2D eigenvalue weighted by Crippen LogP contribution is 2.01. The van der Waals surface area contributed by atoms with Crippen LogP contribution in [0.15, 0.2) is 24.5 Å². The van der Waals surface area contributed by atoms with E-state index in [9.17, 15) is 0 Å². The first kappa shape index (κ1) is 7.92. The van der Waals surface area contributed by atoms with Gasteiger partial charge in [-0.15, -0.1) is 0 Å². The zero-order valence-electron chi connectivity index (χ0n) is 6.67. The molecular weight excluding hydrogens is 136 g/mol. The molecule has 0 aromatic carbocycles. The van der Waals surface area contributed by atoms with Crippen molar-refractivity contribution >= 4 is 5.71 Å². The quantitative estimate of drug-likeness (QED) is 0.656. The van der Waals surface area contributed by atoms with E-state index in [-0.39, 0.29) is 0 Å². The molecule has 1 heterocycles. The van der Waals surface area contributed by atoms with Gasteiger partial charge in [0.15, 0.2) is 0 Å². The molecule has 0 spiro atoms. The lowest BCUT2D eigenvalue weighted by Gasteiger charge is -1.99. The van der Waals surface area contributed by atoms with E-state index in [4.69, 9.17) is 5.41 Å². The van der Waals surface area contributed by atoms with Gasteiger partial charge in [0.2, 0.25) is 0 Å². The monoisotopic (exact) mass is 148 g/mol. The molecule has 1 rings (SSSR count). The molecule has 1 aromatic heterocycles. The van der Waals surface area contributed by atoms with Crippen LogP contribution in [0.25, 0.3) is 0 Å². The first-order valence-electron chi connectivity index (χ1n) is 3.82. The summed E-state index contributed by atoms with van der Waals surface area (Å²) in [5.74, 6) is 0. The van der Waals surface area contributed by atoms with Crippen molar-refractivity contribution in [2.75, 3.05) is 0 Å². The molecule has 11 heavy (non-hydrogen) atoms. The minimum atomic E-state index is 0.681. The van der Waals surface area contributed by atoms with Crippen molar-refractivity contribution in [2.24, 2.45) is 0 Å². The first-order chi connectivity index (χ1) is 5.34. The van der Waals surface area contributed by atoms with E-state index < -0.39 is 0 Å². The summed E-state index contributed by atoms with van der Waals surface area (Å²) in [6.07, 6.45) is 5.32. The van der Waals surface area contributed by atoms with Crippen LogP contribution in [0.3, 0.4) is 0 Å². The molecule has 0 unspecified atom stereocenters. The molecule has 0 bridgehead atoms.